The van der Waals surface area contributed by atoms with E-state index in [4.69, 9.17) is 47.4 Å². The second-order valence-corrected chi connectivity index (χ2v) is 12.4. The molecule has 4 aliphatic heterocycles. The van der Waals surface area contributed by atoms with E-state index in [1.807, 2.05) is 0 Å². The van der Waals surface area contributed by atoms with Gasteiger partial charge in [-0.25, -0.2) is 4.39 Å². The fraction of sp³-hybridized carbons (Fsp3) is 0.677. The summed E-state index contributed by atoms with van der Waals surface area (Å²) in [6, 6.07) is 4.42. The molecule has 0 unspecified atom stereocenters. The van der Waals surface area contributed by atoms with Crippen molar-refractivity contribution in [2.75, 3.05) is 13.2 Å². The molecular weight excluding hydrogens is 613 g/mol. The van der Waals surface area contributed by atoms with Crippen LogP contribution in [0, 0.1) is 5.82 Å². The second kappa shape index (κ2) is 13.6. The van der Waals surface area contributed by atoms with Gasteiger partial charge in [-0.1, -0.05) is 12.1 Å². The third-order valence-corrected chi connectivity index (χ3v) is 7.61. The number of halogens is 1. The van der Waals surface area contributed by atoms with Crippen molar-refractivity contribution in [3.8, 4) is 0 Å². The van der Waals surface area contributed by atoms with Crippen LogP contribution in [-0.2, 0) is 61.8 Å². The molecule has 15 heteroatoms. The Balaban J connectivity index is 1.45. The maximum absolute atomic E-state index is 13.6. The van der Waals surface area contributed by atoms with Crippen molar-refractivity contribution in [1.82, 2.24) is 0 Å². The van der Waals surface area contributed by atoms with E-state index in [9.17, 15) is 18.8 Å². The van der Waals surface area contributed by atoms with Gasteiger partial charge in [0.2, 0.25) is 0 Å². The lowest BCUT2D eigenvalue weighted by molar-refractivity contribution is -0.293. The first-order chi connectivity index (χ1) is 21.6. The molecule has 0 saturated carbocycles. The summed E-state index contributed by atoms with van der Waals surface area (Å²) >= 11 is 0. The maximum atomic E-state index is 13.6. The summed E-state index contributed by atoms with van der Waals surface area (Å²) in [5.41, 5.74) is 0.525. The first-order valence-electron chi connectivity index (χ1n) is 15.0. The quantitative estimate of drug-likeness (QED) is 0.217. The van der Waals surface area contributed by atoms with Crippen LogP contribution in [0.5, 0.6) is 0 Å². The summed E-state index contributed by atoms with van der Waals surface area (Å²) in [6.07, 6.45) is -6.62. The summed E-state index contributed by atoms with van der Waals surface area (Å²) in [7, 11) is 0. The van der Waals surface area contributed by atoms with Gasteiger partial charge in [0.15, 0.2) is 36.4 Å². The Morgan fingerprint density at radius 1 is 0.783 bits per heavy atom. The molecule has 5 rings (SSSR count). The summed E-state index contributed by atoms with van der Waals surface area (Å²) < 4.78 is 73.1. The van der Waals surface area contributed by atoms with Crippen LogP contribution in [0.3, 0.4) is 0 Å². The molecule has 4 heterocycles. The molecule has 4 aliphatic rings. The van der Waals surface area contributed by atoms with Crippen LogP contribution >= 0.6 is 0 Å². The number of nitrogens with zero attached hydrogens (tertiary/aromatic N) is 1. The Kier molecular flexibility index (Phi) is 10.1. The number of carbonyl (C=O) groups excluding carboxylic acids is 3. The van der Waals surface area contributed by atoms with Gasteiger partial charge in [0.1, 0.15) is 49.0 Å². The molecule has 14 nitrogen and oxygen atoms in total. The van der Waals surface area contributed by atoms with Crippen LogP contribution in [0.2, 0.25) is 0 Å². The first kappa shape index (κ1) is 34.3. The lowest BCUT2D eigenvalue weighted by atomic mass is 9.96. The van der Waals surface area contributed by atoms with Crippen molar-refractivity contribution in [3.05, 3.63) is 35.6 Å². The molecule has 0 aromatic heterocycles. The molecule has 254 valence electrons. The summed E-state index contributed by atoms with van der Waals surface area (Å²) in [5, 5.41) is 0. The number of fused-ring (bicyclic) bond motifs is 3. The minimum Gasteiger partial charge on any atom is -0.463 e. The lowest BCUT2D eigenvalue weighted by Gasteiger charge is -2.44. The molecule has 1 aromatic rings. The Morgan fingerprint density at radius 3 is 2.04 bits per heavy atom. The van der Waals surface area contributed by atoms with Gasteiger partial charge in [-0.3, -0.25) is 19.4 Å². The summed E-state index contributed by atoms with van der Waals surface area (Å²) in [4.78, 5) is 40.8. The van der Waals surface area contributed by atoms with Crippen LogP contribution in [0.15, 0.2) is 29.3 Å². The Hall–Kier alpha value is -3.05. The second-order valence-electron chi connectivity index (χ2n) is 12.4. The number of carbonyl (C=O) groups is 3. The van der Waals surface area contributed by atoms with Crippen molar-refractivity contribution in [2.24, 2.45) is 4.99 Å². The zero-order chi connectivity index (χ0) is 33.4. The fourth-order valence-electron chi connectivity index (χ4n) is 5.92. The number of hydrogen-bond donors (Lipinski definition) is 0. The third kappa shape index (κ3) is 8.08. The molecule has 0 amide bonds. The maximum Gasteiger partial charge on any atom is 0.303 e. The van der Waals surface area contributed by atoms with Gasteiger partial charge in [0, 0.05) is 27.0 Å². The van der Waals surface area contributed by atoms with Crippen molar-refractivity contribution in [2.45, 2.75) is 121 Å². The first-order valence-corrected chi connectivity index (χ1v) is 15.0. The van der Waals surface area contributed by atoms with E-state index in [1.165, 1.54) is 51.3 Å². The summed E-state index contributed by atoms with van der Waals surface area (Å²) in [6.45, 7) is 10.2. The summed E-state index contributed by atoms with van der Waals surface area (Å²) in [5.74, 6) is -4.31. The fourth-order valence-corrected chi connectivity index (χ4v) is 5.92. The number of aliphatic imine (C=N–C) groups is 1. The molecule has 4 fully saturated rings. The zero-order valence-corrected chi connectivity index (χ0v) is 26.7. The molecule has 0 spiro atoms. The number of benzene rings is 1. The van der Waals surface area contributed by atoms with Crippen molar-refractivity contribution in [3.63, 3.8) is 0 Å². The van der Waals surface area contributed by atoms with Crippen LogP contribution in [0.1, 0.15) is 54.0 Å². The highest BCUT2D eigenvalue weighted by molar-refractivity contribution is 5.79. The predicted octanol–water partition coefficient (Wildman–Crippen LogP) is 2.18. The highest BCUT2D eigenvalue weighted by atomic mass is 19.1. The minimum atomic E-state index is -1.25. The van der Waals surface area contributed by atoms with Crippen LogP contribution < -0.4 is 0 Å². The highest BCUT2D eigenvalue weighted by Gasteiger charge is 2.61. The molecule has 0 aliphatic carbocycles. The van der Waals surface area contributed by atoms with Crippen molar-refractivity contribution >= 4 is 24.1 Å². The van der Waals surface area contributed by atoms with Crippen LogP contribution in [0.25, 0.3) is 0 Å². The molecule has 4 saturated heterocycles. The molecule has 0 bridgehead atoms. The number of esters is 3. The van der Waals surface area contributed by atoms with Crippen LogP contribution in [0.4, 0.5) is 4.39 Å². The average molecular weight is 654 g/mol. The van der Waals surface area contributed by atoms with E-state index >= 15 is 0 Å². The average Bonchev–Trinajstić information content (AvgIpc) is 3.45. The van der Waals surface area contributed by atoms with E-state index in [-0.39, 0.29) is 13.2 Å². The third-order valence-electron chi connectivity index (χ3n) is 7.61. The molecular formula is C31H40FNO13. The largest absolute Gasteiger partial charge is 0.463 e. The predicted molar refractivity (Wildman–Crippen MR) is 153 cm³/mol. The lowest BCUT2D eigenvalue weighted by Crippen LogP contribution is -2.62. The number of rotatable bonds is 9. The monoisotopic (exact) mass is 653 g/mol. The van der Waals surface area contributed by atoms with Gasteiger partial charge in [-0.05, 0) is 45.4 Å². The van der Waals surface area contributed by atoms with E-state index in [0.717, 1.165) is 0 Å². The van der Waals surface area contributed by atoms with Gasteiger partial charge in [-0.2, -0.15) is 0 Å². The Morgan fingerprint density at radius 2 is 1.39 bits per heavy atom. The van der Waals surface area contributed by atoms with Crippen molar-refractivity contribution in [1.29, 1.82) is 0 Å². The van der Waals surface area contributed by atoms with Crippen molar-refractivity contribution < 1.29 is 66.1 Å². The smallest absolute Gasteiger partial charge is 0.303 e. The minimum absolute atomic E-state index is 0.133. The standard InChI is InChI=1S/C31H40FNO13/c1-15(34)37-13-20-23(39-16(2)35)25(40-17(3)36)22(33-12-18-8-10-19(32)11-9-18)28(41-20)38-14-21-24-26(44-30(4,5)43-24)27-29(42-21)46-31(6,7)45-27/h8-12,20-29H,13-14H2,1-7H3/t20-,21-,22-,23-,24+,25-,26+,27-,28+,29-/m1/s1. The van der Waals surface area contributed by atoms with Gasteiger partial charge >= 0.3 is 17.9 Å². The number of ether oxygens (including phenoxy) is 10. The van der Waals surface area contributed by atoms with Gasteiger partial charge in [0.05, 0.1) is 6.61 Å². The molecule has 0 radical (unpaired) electrons. The Bertz CT molecular complexity index is 1300. The van der Waals surface area contributed by atoms with Gasteiger partial charge in [0.25, 0.3) is 0 Å². The van der Waals surface area contributed by atoms with E-state index < -0.39 is 96.6 Å². The van der Waals surface area contributed by atoms with E-state index in [1.54, 1.807) is 27.7 Å². The van der Waals surface area contributed by atoms with E-state index in [2.05, 4.69) is 4.99 Å². The zero-order valence-electron chi connectivity index (χ0n) is 26.7. The molecule has 1 aromatic carbocycles. The highest BCUT2D eigenvalue weighted by Crippen LogP contribution is 2.44. The molecule has 10 atom stereocenters. The SMILES string of the molecule is CC(=O)OC[C@H]1O[C@H](OC[C@H]2O[C@@H]3OC(C)(C)O[C@@H]3[C@H]3OC(C)(C)O[C@H]32)[C@H](N=Cc2ccc(F)cc2)[C@@H](OC(C)=O)[C@@H]1OC(C)=O. The normalized spacial score (nSPS) is 36.1. The van der Waals surface area contributed by atoms with Gasteiger partial charge < -0.3 is 47.4 Å². The van der Waals surface area contributed by atoms with Crippen LogP contribution in [-0.4, -0.2) is 110 Å². The molecule has 0 N–H and O–H groups in total. The molecule has 46 heavy (non-hydrogen) atoms. The van der Waals surface area contributed by atoms with Gasteiger partial charge in [-0.15, -0.1) is 0 Å². The number of hydrogen-bond acceptors (Lipinski definition) is 14. The Labute approximate surface area is 265 Å². The topological polar surface area (TPSA) is 156 Å². The van der Waals surface area contributed by atoms with E-state index in [0.29, 0.717) is 5.56 Å².